The molecule has 1 N–H and O–H groups in total. The molecule has 0 bridgehead atoms. The van der Waals surface area contributed by atoms with Gasteiger partial charge in [0, 0.05) is 6.07 Å². The van der Waals surface area contributed by atoms with Gasteiger partial charge in [-0.25, -0.2) is 0 Å². The number of nitrogens with zero attached hydrogens (tertiary/aromatic N) is 2. The van der Waals surface area contributed by atoms with Crippen LogP contribution in [0.2, 0.25) is 10.0 Å². The van der Waals surface area contributed by atoms with E-state index in [9.17, 15) is 9.59 Å². The van der Waals surface area contributed by atoms with Gasteiger partial charge < -0.3 is 24.3 Å². The predicted octanol–water partition coefficient (Wildman–Crippen LogP) is 6.27. The molecule has 1 atom stereocenters. The van der Waals surface area contributed by atoms with Crippen molar-refractivity contribution in [3.8, 4) is 23.0 Å². The summed E-state index contributed by atoms with van der Waals surface area (Å²) in [4.78, 5) is 25.3. The van der Waals surface area contributed by atoms with Crippen LogP contribution in [0.5, 0.6) is 23.0 Å². The number of benzene rings is 2. The highest BCUT2D eigenvalue weighted by Crippen LogP contribution is 2.41. The summed E-state index contributed by atoms with van der Waals surface area (Å²) in [6, 6.07) is 4.81. The van der Waals surface area contributed by atoms with Crippen molar-refractivity contribution >= 4 is 46.3 Å². The van der Waals surface area contributed by atoms with E-state index in [2.05, 4.69) is 15.5 Å². The Kier molecular flexibility index (Phi) is 11.1. The first kappa shape index (κ1) is 28.2. The third-order valence-electron chi connectivity index (χ3n) is 4.43. The van der Waals surface area contributed by atoms with Crippen LogP contribution in [0.3, 0.4) is 0 Å². The van der Waals surface area contributed by atoms with Crippen molar-refractivity contribution in [1.82, 2.24) is 0 Å². The molecule has 2 rings (SSSR count). The molecule has 0 saturated carbocycles. The molecule has 0 heterocycles. The summed E-state index contributed by atoms with van der Waals surface area (Å²) in [6.07, 6.45) is 0. The van der Waals surface area contributed by atoms with E-state index in [-0.39, 0.29) is 27.2 Å². The van der Waals surface area contributed by atoms with Gasteiger partial charge in [-0.2, -0.15) is 10.2 Å². The maximum Gasteiger partial charge on any atom is 0.258 e. The fraction of sp³-hybridized carbons (Fsp3) is 0.417. The molecule has 1 unspecified atom stereocenters. The van der Waals surface area contributed by atoms with Gasteiger partial charge in [0.15, 0.2) is 23.0 Å². The van der Waals surface area contributed by atoms with Gasteiger partial charge in [0.05, 0.1) is 36.5 Å². The van der Waals surface area contributed by atoms with Crippen molar-refractivity contribution in [3.63, 3.8) is 0 Å². The van der Waals surface area contributed by atoms with E-state index in [0.717, 1.165) is 0 Å². The SMILES string of the molecule is CCOc1cc(OCC)c(N=NC(C(C)=O)C(=O)Nc2c(Cl)ccc(OCC)c2OCC)cc1Cl. The summed E-state index contributed by atoms with van der Waals surface area (Å²) in [5.74, 6) is 0.151. The minimum absolute atomic E-state index is 0.171. The Bertz CT molecular complexity index is 1080. The van der Waals surface area contributed by atoms with Crippen LogP contribution in [0.1, 0.15) is 34.6 Å². The number of amides is 1. The van der Waals surface area contributed by atoms with Crippen LogP contribution >= 0.6 is 23.2 Å². The fourth-order valence-electron chi connectivity index (χ4n) is 2.98. The zero-order valence-electron chi connectivity index (χ0n) is 20.3. The van der Waals surface area contributed by atoms with Crippen LogP contribution in [0.25, 0.3) is 0 Å². The average Bonchev–Trinajstić information content (AvgIpc) is 2.81. The molecule has 0 aliphatic heterocycles. The molecule has 1 amide bonds. The maximum atomic E-state index is 13.1. The van der Waals surface area contributed by atoms with Crippen molar-refractivity contribution in [2.75, 3.05) is 31.7 Å². The van der Waals surface area contributed by atoms with E-state index >= 15 is 0 Å². The van der Waals surface area contributed by atoms with Gasteiger partial charge in [0.2, 0.25) is 6.04 Å². The number of ether oxygens (including phenoxy) is 4. The summed E-state index contributed by atoms with van der Waals surface area (Å²) >= 11 is 12.6. The Labute approximate surface area is 214 Å². The number of anilines is 1. The first-order chi connectivity index (χ1) is 16.8. The molecular formula is C24H29Cl2N3O6. The first-order valence-electron chi connectivity index (χ1n) is 11.2. The Morgan fingerprint density at radius 2 is 1.46 bits per heavy atom. The summed E-state index contributed by atoms with van der Waals surface area (Å²) < 4.78 is 22.3. The van der Waals surface area contributed by atoms with Crippen molar-refractivity contribution in [3.05, 3.63) is 34.3 Å². The molecule has 0 spiro atoms. The smallest absolute Gasteiger partial charge is 0.258 e. The third kappa shape index (κ3) is 7.47. The van der Waals surface area contributed by atoms with E-state index in [1.54, 1.807) is 32.0 Å². The third-order valence-corrected chi connectivity index (χ3v) is 5.05. The zero-order chi connectivity index (χ0) is 26.0. The van der Waals surface area contributed by atoms with Gasteiger partial charge >= 0.3 is 0 Å². The lowest BCUT2D eigenvalue weighted by atomic mass is 10.2. The monoisotopic (exact) mass is 525 g/mol. The minimum atomic E-state index is -1.46. The maximum absolute atomic E-state index is 13.1. The van der Waals surface area contributed by atoms with Gasteiger partial charge in [-0.3, -0.25) is 9.59 Å². The highest BCUT2D eigenvalue weighted by molar-refractivity contribution is 6.34. The molecule has 2 aromatic rings. The van der Waals surface area contributed by atoms with E-state index in [0.29, 0.717) is 43.7 Å². The number of halogens is 2. The van der Waals surface area contributed by atoms with Gasteiger partial charge in [-0.05, 0) is 52.8 Å². The molecule has 0 radical (unpaired) electrons. The highest BCUT2D eigenvalue weighted by Gasteiger charge is 2.26. The van der Waals surface area contributed by atoms with Crippen molar-refractivity contribution < 1.29 is 28.5 Å². The second-order valence-corrected chi connectivity index (χ2v) is 7.76. The molecule has 190 valence electrons. The van der Waals surface area contributed by atoms with Crippen LogP contribution in [0.4, 0.5) is 11.4 Å². The molecule has 35 heavy (non-hydrogen) atoms. The molecule has 0 saturated heterocycles. The Morgan fingerprint density at radius 3 is 2.06 bits per heavy atom. The minimum Gasteiger partial charge on any atom is -0.492 e. The number of hydrogen-bond donors (Lipinski definition) is 1. The Hall–Kier alpha value is -3.04. The molecule has 9 nitrogen and oxygen atoms in total. The van der Waals surface area contributed by atoms with Crippen molar-refractivity contribution in [2.45, 2.75) is 40.7 Å². The molecule has 2 aromatic carbocycles. The van der Waals surface area contributed by atoms with Gasteiger partial charge in [0.1, 0.15) is 17.1 Å². The van der Waals surface area contributed by atoms with Crippen LogP contribution < -0.4 is 24.3 Å². The lowest BCUT2D eigenvalue weighted by Crippen LogP contribution is -2.32. The van der Waals surface area contributed by atoms with Crippen molar-refractivity contribution in [2.24, 2.45) is 10.2 Å². The normalized spacial score (nSPS) is 11.7. The number of hydrogen-bond acceptors (Lipinski definition) is 8. The Morgan fingerprint density at radius 1 is 0.857 bits per heavy atom. The van der Waals surface area contributed by atoms with Crippen LogP contribution in [-0.4, -0.2) is 44.2 Å². The van der Waals surface area contributed by atoms with Gasteiger partial charge in [-0.1, -0.05) is 23.2 Å². The molecule has 11 heteroatoms. The largest absolute Gasteiger partial charge is 0.492 e. The number of Topliss-reactive ketones (excluding diaryl/α,β-unsaturated/α-hetero) is 1. The van der Waals surface area contributed by atoms with Gasteiger partial charge in [-0.15, -0.1) is 0 Å². The number of carbonyl (C=O) groups excluding carboxylic acids is 2. The lowest BCUT2D eigenvalue weighted by molar-refractivity contribution is -0.126. The second kappa shape index (κ2) is 13.7. The standard InChI is InChI=1S/C24H29Cl2N3O6/c1-6-32-18-11-10-15(25)22(23(18)35-9-4)27-24(31)21(14(5)30)29-28-17-12-16(26)19(33-7-2)13-20(17)34-8-3/h10-13,21H,6-9H2,1-5H3,(H,27,31). The number of azo groups is 1. The quantitative estimate of drug-likeness (QED) is 0.244. The van der Waals surface area contributed by atoms with E-state index in [1.165, 1.54) is 13.0 Å². The van der Waals surface area contributed by atoms with E-state index in [4.69, 9.17) is 42.1 Å². The summed E-state index contributed by atoms with van der Waals surface area (Å²) in [5, 5.41) is 11.2. The molecular weight excluding hydrogens is 497 g/mol. The molecule has 0 aliphatic rings. The van der Waals surface area contributed by atoms with Gasteiger partial charge in [0.25, 0.3) is 5.91 Å². The summed E-state index contributed by atoms with van der Waals surface area (Å²) in [7, 11) is 0. The highest BCUT2D eigenvalue weighted by atomic mass is 35.5. The fourth-order valence-corrected chi connectivity index (χ4v) is 3.39. The molecule has 0 aromatic heterocycles. The zero-order valence-corrected chi connectivity index (χ0v) is 21.8. The van der Waals surface area contributed by atoms with Crippen LogP contribution in [0, 0.1) is 0 Å². The number of rotatable bonds is 13. The van der Waals surface area contributed by atoms with Crippen molar-refractivity contribution in [1.29, 1.82) is 0 Å². The topological polar surface area (TPSA) is 108 Å². The Balaban J connectivity index is 2.40. The van der Waals surface area contributed by atoms with E-state index < -0.39 is 17.7 Å². The molecule has 0 fully saturated rings. The first-order valence-corrected chi connectivity index (χ1v) is 11.9. The van der Waals surface area contributed by atoms with E-state index in [1.807, 2.05) is 13.8 Å². The average molecular weight is 526 g/mol. The van der Waals surface area contributed by atoms with Crippen LogP contribution in [0.15, 0.2) is 34.5 Å². The molecule has 0 aliphatic carbocycles. The second-order valence-electron chi connectivity index (χ2n) is 6.95. The number of ketones is 1. The summed E-state index contributed by atoms with van der Waals surface area (Å²) in [5.41, 5.74) is 0.413. The number of carbonyl (C=O) groups is 2. The van der Waals surface area contributed by atoms with Crippen LogP contribution in [-0.2, 0) is 9.59 Å². The summed E-state index contributed by atoms with van der Waals surface area (Å²) in [6.45, 7) is 9.91. The number of nitrogens with one attached hydrogen (secondary N) is 1. The lowest BCUT2D eigenvalue weighted by Gasteiger charge is -2.18. The predicted molar refractivity (Wildman–Crippen MR) is 135 cm³/mol.